The summed E-state index contributed by atoms with van der Waals surface area (Å²) in [6.45, 7) is 0. The van der Waals surface area contributed by atoms with Crippen molar-refractivity contribution >= 4 is 46.6 Å². The maximum atomic E-state index is 12.4. The maximum Gasteiger partial charge on any atom is 0.227 e. The van der Waals surface area contributed by atoms with Gasteiger partial charge < -0.3 is 15.2 Å². The number of amides is 1. The van der Waals surface area contributed by atoms with E-state index >= 15 is 0 Å². The van der Waals surface area contributed by atoms with E-state index in [1.165, 1.54) is 42.0 Å². The van der Waals surface area contributed by atoms with Crippen LogP contribution in [0.3, 0.4) is 0 Å². The number of nitrogens with zero attached hydrogens (tertiary/aromatic N) is 2. The second-order valence-electron chi connectivity index (χ2n) is 4.37. The molecule has 10 heteroatoms. The molecular formula is C14H15N3O4S3. The number of methoxy groups -OCH3 is 2. The molecule has 1 amide bonds. The Kier molecular flexibility index (Phi) is 6.88. The first kappa shape index (κ1) is 18.6. The molecule has 0 saturated carbocycles. The molecule has 0 unspecified atom stereocenters. The molecule has 1 aromatic carbocycles. The quantitative estimate of drug-likeness (QED) is 0.517. The van der Waals surface area contributed by atoms with Crippen molar-refractivity contribution in [3.8, 4) is 11.5 Å². The number of thioether (sulfide) groups is 2. The number of ether oxygens (including phenoxy) is 2. The van der Waals surface area contributed by atoms with Gasteiger partial charge in [-0.05, 0) is 12.1 Å². The lowest BCUT2D eigenvalue weighted by atomic mass is 10.1. The largest absolute Gasteiger partial charge is 0.497 e. The molecule has 1 heterocycles. The van der Waals surface area contributed by atoms with Crippen LogP contribution in [-0.2, 0) is 4.79 Å². The molecule has 0 bridgehead atoms. The fourth-order valence-electron chi connectivity index (χ4n) is 1.68. The Morgan fingerprint density at radius 3 is 2.38 bits per heavy atom. The third-order valence-electron chi connectivity index (χ3n) is 2.76. The van der Waals surface area contributed by atoms with Crippen LogP contribution in [0.15, 0.2) is 26.9 Å². The number of nitrogens with two attached hydrogens (primary N) is 1. The second kappa shape index (κ2) is 8.90. The molecule has 2 N–H and O–H groups in total. The van der Waals surface area contributed by atoms with Gasteiger partial charge >= 0.3 is 0 Å². The summed E-state index contributed by atoms with van der Waals surface area (Å²) in [5, 5.41) is 7.93. The SMILES string of the molecule is COc1ccc(C(=O)CSc2nnc(SCC(N)=O)s2)c(OC)c1. The number of carbonyl (C=O) groups is 2. The zero-order chi connectivity index (χ0) is 17.5. The lowest BCUT2D eigenvalue weighted by Gasteiger charge is -2.09. The van der Waals surface area contributed by atoms with Gasteiger partial charge in [-0.3, -0.25) is 9.59 Å². The van der Waals surface area contributed by atoms with Gasteiger partial charge in [-0.15, -0.1) is 10.2 Å². The van der Waals surface area contributed by atoms with Crippen molar-refractivity contribution in [3.63, 3.8) is 0 Å². The molecular weight excluding hydrogens is 370 g/mol. The third-order valence-corrected chi connectivity index (χ3v) is 5.97. The summed E-state index contributed by atoms with van der Waals surface area (Å²) in [4.78, 5) is 23.1. The zero-order valence-electron chi connectivity index (χ0n) is 13.0. The summed E-state index contributed by atoms with van der Waals surface area (Å²) in [6, 6.07) is 5.06. The van der Waals surface area contributed by atoms with Crippen LogP contribution in [0.25, 0.3) is 0 Å². The van der Waals surface area contributed by atoms with Gasteiger partial charge in [-0.25, -0.2) is 0 Å². The van der Waals surface area contributed by atoms with Gasteiger partial charge in [0.15, 0.2) is 14.5 Å². The lowest BCUT2D eigenvalue weighted by Crippen LogP contribution is -2.12. The van der Waals surface area contributed by atoms with Crippen LogP contribution in [0.2, 0.25) is 0 Å². The lowest BCUT2D eigenvalue weighted by molar-refractivity contribution is -0.115. The first-order chi connectivity index (χ1) is 11.5. The van der Waals surface area contributed by atoms with Crippen LogP contribution < -0.4 is 15.2 Å². The number of Topliss-reactive ketones (excluding diaryl/α,β-unsaturated/α-hetero) is 1. The molecule has 0 aliphatic rings. The summed E-state index contributed by atoms with van der Waals surface area (Å²) < 4.78 is 11.7. The Balaban J connectivity index is 1.97. The molecule has 0 saturated heterocycles. The summed E-state index contributed by atoms with van der Waals surface area (Å²) in [6.07, 6.45) is 0. The smallest absolute Gasteiger partial charge is 0.227 e. The predicted molar refractivity (Wildman–Crippen MR) is 94.4 cm³/mol. The fourth-order valence-corrected chi connectivity index (χ4v) is 4.32. The first-order valence-corrected chi connectivity index (χ1v) is 9.45. The highest BCUT2D eigenvalue weighted by atomic mass is 32.2. The van der Waals surface area contributed by atoms with Crippen molar-refractivity contribution in [1.82, 2.24) is 10.2 Å². The molecule has 0 aliphatic heterocycles. The van der Waals surface area contributed by atoms with Gasteiger partial charge in [0, 0.05) is 6.07 Å². The zero-order valence-corrected chi connectivity index (χ0v) is 15.4. The fraction of sp³-hybridized carbons (Fsp3) is 0.286. The number of hydrogen-bond donors (Lipinski definition) is 1. The van der Waals surface area contributed by atoms with Gasteiger partial charge in [0.2, 0.25) is 5.91 Å². The van der Waals surface area contributed by atoms with Crippen LogP contribution >= 0.6 is 34.9 Å². The van der Waals surface area contributed by atoms with Crippen molar-refractivity contribution in [2.24, 2.45) is 5.73 Å². The number of hydrogen-bond acceptors (Lipinski definition) is 9. The molecule has 1 aromatic heterocycles. The van der Waals surface area contributed by atoms with E-state index in [1.54, 1.807) is 25.3 Å². The molecule has 0 spiro atoms. The molecule has 0 radical (unpaired) electrons. The van der Waals surface area contributed by atoms with Crippen LogP contribution in [0, 0.1) is 0 Å². The molecule has 7 nitrogen and oxygen atoms in total. The van der Waals surface area contributed by atoms with E-state index in [-0.39, 0.29) is 17.3 Å². The molecule has 24 heavy (non-hydrogen) atoms. The summed E-state index contributed by atoms with van der Waals surface area (Å²) in [5.74, 6) is 0.956. The van der Waals surface area contributed by atoms with Gasteiger partial charge in [-0.2, -0.15) is 0 Å². The number of primary amides is 1. The Morgan fingerprint density at radius 2 is 1.79 bits per heavy atom. The van der Waals surface area contributed by atoms with Gasteiger partial charge in [0.1, 0.15) is 11.5 Å². The van der Waals surface area contributed by atoms with Crippen LogP contribution in [0.5, 0.6) is 11.5 Å². The maximum absolute atomic E-state index is 12.4. The molecule has 2 rings (SSSR count). The molecule has 128 valence electrons. The van der Waals surface area contributed by atoms with Crippen molar-refractivity contribution in [2.75, 3.05) is 25.7 Å². The molecule has 0 fully saturated rings. The Hall–Kier alpha value is -1.78. The van der Waals surface area contributed by atoms with E-state index in [1.807, 2.05) is 0 Å². The standard InChI is InChI=1S/C14H15N3O4S3/c1-20-8-3-4-9(11(5-8)21-2)10(18)6-22-13-16-17-14(24-13)23-7-12(15)19/h3-5H,6-7H2,1-2H3,(H2,15,19). The average Bonchev–Trinajstić information content (AvgIpc) is 3.05. The summed E-state index contributed by atoms with van der Waals surface area (Å²) in [7, 11) is 3.06. The minimum Gasteiger partial charge on any atom is -0.497 e. The van der Waals surface area contributed by atoms with E-state index in [0.29, 0.717) is 25.7 Å². The number of benzene rings is 1. The number of ketones is 1. The van der Waals surface area contributed by atoms with E-state index in [4.69, 9.17) is 15.2 Å². The van der Waals surface area contributed by atoms with Crippen molar-refractivity contribution in [1.29, 1.82) is 0 Å². The van der Waals surface area contributed by atoms with E-state index in [0.717, 1.165) is 0 Å². The van der Waals surface area contributed by atoms with Crippen molar-refractivity contribution in [3.05, 3.63) is 23.8 Å². The minimum absolute atomic E-state index is 0.0824. The highest BCUT2D eigenvalue weighted by Crippen LogP contribution is 2.30. The Bertz CT molecular complexity index is 736. The molecule has 2 aromatic rings. The highest BCUT2D eigenvalue weighted by molar-refractivity contribution is 8.03. The topological polar surface area (TPSA) is 104 Å². The van der Waals surface area contributed by atoms with E-state index in [2.05, 4.69) is 10.2 Å². The molecule has 0 atom stereocenters. The van der Waals surface area contributed by atoms with E-state index < -0.39 is 5.91 Å². The van der Waals surface area contributed by atoms with E-state index in [9.17, 15) is 9.59 Å². The summed E-state index contributed by atoms with van der Waals surface area (Å²) in [5.41, 5.74) is 5.57. The number of carbonyl (C=O) groups excluding carboxylic acids is 2. The number of aromatic nitrogens is 2. The number of rotatable bonds is 9. The molecule has 0 aliphatic carbocycles. The normalized spacial score (nSPS) is 10.4. The monoisotopic (exact) mass is 385 g/mol. The minimum atomic E-state index is -0.411. The van der Waals surface area contributed by atoms with Crippen LogP contribution in [-0.4, -0.2) is 47.6 Å². The first-order valence-electron chi connectivity index (χ1n) is 6.66. The average molecular weight is 385 g/mol. The Labute approximate surface area is 151 Å². The summed E-state index contributed by atoms with van der Waals surface area (Å²) >= 11 is 3.84. The van der Waals surface area contributed by atoms with Crippen molar-refractivity contribution < 1.29 is 19.1 Å². The predicted octanol–water partition coefficient (Wildman–Crippen LogP) is 2.11. The van der Waals surface area contributed by atoms with Gasteiger partial charge in [0.05, 0.1) is 31.3 Å². The highest BCUT2D eigenvalue weighted by Gasteiger charge is 2.15. The van der Waals surface area contributed by atoms with Gasteiger partial charge in [0.25, 0.3) is 0 Å². The van der Waals surface area contributed by atoms with Crippen molar-refractivity contribution in [2.45, 2.75) is 8.68 Å². The second-order valence-corrected chi connectivity index (χ2v) is 7.79. The Morgan fingerprint density at radius 1 is 1.12 bits per heavy atom. The van der Waals surface area contributed by atoms with Gasteiger partial charge in [-0.1, -0.05) is 34.9 Å². The third kappa shape index (κ3) is 5.11. The van der Waals surface area contributed by atoms with Crippen LogP contribution in [0.4, 0.5) is 0 Å². The van der Waals surface area contributed by atoms with Crippen LogP contribution in [0.1, 0.15) is 10.4 Å².